The van der Waals surface area contributed by atoms with Crippen molar-refractivity contribution >= 4 is 18.0 Å². The zero-order chi connectivity index (χ0) is 14.3. The van der Waals surface area contributed by atoms with E-state index in [1.54, 1.807) is 0 Å². The van der Waals surface area contributed by atoms with Crippen LogP contribution in [-0.4, -0.2) is 54.0 Å². The van der Waals surface area contributed by atoms with E-state index in [1.807, 2.05) is 0 Å². The number of hydrogen-bond donors (Lipinski definition) is 4. The minimum atomic E-state index is -1.42. The van der Waals surface area contributed by atoms with E-state index in [-0.39, 0.29) is 0 Å². The molecule has 0 bridgehead atoms. The molecule has 1 unspecified atom stereocenters. The van der Waals surface area contributed by atoms with Crippen molar-refractivity contribution in [2.24, 2.45) is 5.92 Å². The number of carboxylic acids is 2. The lowest BCUT2D eigenvalue weighted by molar-refractivity contribution is -0.145. The third-order valence-electron chi connectivity index (χ3n) is 2.87. The maximum Gasteiger partial charge on any atom is 0.326 e. The van der Waals surface area contributed by atoms with Gasteiger partial charge in [0.15, 0.2) is 0 Å². The van der Waals surface area contributed by atoms with Crippen molar-refractivity contribution in [3.8, 4) is 0 Å². The Balaban J connectivity index is 2.31. The third-order valence-corrected chi connectivity index (χ3v) is 2.87. The van der Waals surface area contributed by atoms with Gasteiger partial charge in [-0.1, -0.05) is 0 Å². The highest BCUT2D eigenvalue weighted by Gasteiger charge is 2.23. The fourth-order valence-corrected chi connectivity index (χ4v) is 1.77. The van der Waals surface area contributed by atoms with Gasteiger partial charge < -0.3 is 25.6 Å². The first-order valence-corrected chi connectivity index (χ1v) is 6.05. The lowest BCUT2D eigenvalue weighted by atomic mass is 10.0. The van der Waals surface area contributed by atoms with E-state index in [2.05, 4.69) is 10.6 Å². The first-order chi connectivity index (χ1) is 8.99. The Kier molecular flexibility index (Phi) is 6.07. The number of urea groups is 1. The smallest absolute Gasteiger partial charge is 0.326 e. The van der Waals surface area contributed by atoms with Gasteiger partial charge in [0.2, 0.25) is 0 Å². The van der Waals surface area contributed by atoms with Gasteiger partial charge in [0.1, 0.15) is 6.04 Å². The van der Waals surface area contributed by atoms with Crippen LogP contribution in [0.2, 0.25) is 0 Å². The molecule has 1 fully saturated rings. The summed E-state index contributed by atoms with van der Waals surface area (Å²) in [4.78, 5) is 32.7. The number of rotatable bonds is 6. The molecule has 0 saturated carbocycles. The summed E-state index contributed by atoms with van der Waals surface area (Å²) < 4.78 is 5.17. The van der Waals surface area contributed by atoms with Crippen molar-refractivity contribution < 1.29 is 29.3 Å². The number of carbonyl (C=O) groups is 3. The highest BCUT2D eigenvalue weighted by atomic mass is 16.5. The van der Waals surface area contributed by atoms with Crippen molar-refractivity contribution in [1.82, 2.24) is 10.6 Å². The Morgan fingerprint density at radius 1 is 1.21 bits per heavy atom. The topological polar surface area (TPSA) is 125 Å². The highest BCUT2D eigenvalue weighted by Crippen LogP contribution is 2.12. The predicted octanol–water partition coefficient (Wildman–Crippen LogP) is -0.360. The number of nitrogens with one attached hydrogen (secondary N) is 2. The zero-order valence-corrected chi connectivity index (χ0v) is 10.4. The Morgan fingerprint density at radius 3 is 2.37 bits per heavy atom. The van der Waals surface area contributed by atoms with Gasteiger partial charge in [-0.15, -0.1) is 0 Å². The normalized spacial score (nSPS) is 17.5. The van der Waals surface area contributed by atoms with Gasteiger partial charge in [0.25, 0.3) is 0 Å². The van der Waals surface area contributed by atoms with Crippen LogP contribution >= 0.6 is 0 Å². The Morgan fingerprint density at radius 2 is 1.84 bits per heavy atom. The second kappa shape index (κ2) is 7.57. The number of aliphatic carboxylic acids is 2. The first kappa shape index (κ1) is 15.2. The number of hydrogen-bond acceptors (Lipinski definition) is 4. The van der Waals surface area contributed by atoms with Crippen molar-refractivity contribution in [1.29, 1.82) is 0 Å². The van der Waals surface area contributed by atoms with E-state index in [9.17, 15) is 14.4 Å². The Bertz CT molecular complexity index is 340. The SMILES string of the molecule is O=C(O)CC(NC(=O)NCC1CCOCC1)C(=O)O. The summed E-state index contributed by atoms with van der Waals surface area (Å²) in [6, 6.07) is -2.09. The van der Waals surface area contributed by atoms with Crippen LogP contribution in [0.1, 0.15) is 19.3 Å². The van der Waals surface area contributed by atoms with Crippen LogP contribution in [0.25, 0.3) is 0 Å². The molecular weight excluding hydrogens is 256 g/mol. The Labute approximate surface area is 110 Å². The third kappa shape index (κ3) is 6.05. The molecule has 1 rings (SSSR count). The van der Waals surface area contributed by atoms with E-state index < -0.39 is 30.4 Å². The summed E-state index contributed by atoms with van der Waals surface area (Å²) in [5, 5.41) is 22.0. The second-order valence-electron chi connectivity index (χ2n) is 4.40. The molecule has 0 aromatic carbocycles. The minimum absolute atomic E-state index is 0.308. The van der Waals surface area contributed by atoms with Crippen LogP contribution in [0, 0.1) is 5.92 Å². The van der Waals surface area contributed by atoms with Gasteiger partial charge in [0, 0.05) is 19.8 Å². The predicted molar refractivity (Wildman–Crippen MR) is 63.8 cm³/mol. The van der Waals surface area contributed by atoms with Gasteiger partial charge in [-0.25, -0.2) is 9.59 Å². The minimum Gasteiger partial charge on any atom is -0.481 e. The molecule has 4 N–H and O–H groups in total. The van der Waals surface area contributed by atoms with Crippen molar-refractivity contribution in [2.75, 3.05) is 19.8 Å². The second-order valence-corrected chi connectivity index (χ2v) is 4.40. The molecule has 0 radical (unpaired) electrons. The summed E-state index contributed by atoms with van der Waals surface area (Å²) in [6.07, 6.45) is 1.04. The lowest BCUT2D eigenvalue weighted by Gasteiger charge is -2.22. The average Bonchev–Trinajstić information content (AvgIpc) is 2.36. The fraction of sp³-hybridized carbons (Fsp3) is 0.727. The van der Waals surface area contributed by atoms with Gasteiger partial charge >= 0.3 is 18.0 Å². The first-order valence-electron chi connectivity index (χ1n) is 6.05. The molecular formula is C11H18N2O6. The molecule has 0 aromatic rings. The summed E-state index contributed by atoms with van der Waals surface area (Å²) in [5.41, 5.74) is 0. The number of carbonyl (C=O) groups excluding carboxylic acids is 1. The van der Waals surface area contributed by atoms with E-state index >= 15 is 0 Å². The van der Waals surface area contributed by atoms with Crippen LogP contribution in [0.3, 0.4) is 0 Å². The van der Waals surface area contributed by atoms with Crippen molar-refractivity contribution in [3.05, 3.63) is 0 Å². The molecule has 0 aromatic heterocycles. The molecule has 1 heterocycles. The summed E-state index contributed by atoms with van der Waals surface area (Å²) in [5.74, 6) is -2.34. The largest absolute Gasteiger partial charge is 0.481 e. The molecule has 8 nitrogen and oxygen atoms in total. The molecule has 1 aliphatic rings. The number of ether oxygens (including phenoxy) is 1. The summed E-state index contributed by atoms with van der Waals surface area (Å²) in [6.45, 7) is 1.74. The average molecular weight is 274 g/mol. The molecule has 8 heteroatoms. The molecule has 2 amide bonds. The summed E-state index contributed by atoms with van der Waals surface area (Å²) in [7, 11) is 0. The molecule has 0 aliphatic carbocycles. The molecule has 0 spiro atoms. The quantitative estimate of drug-likeness (QED) is 0.524. The standard InChI is InChI=1S/C11H18N2O6/c14-9(15)5-8(10(16)17)13-11(18)12-6-7-1-3-19-4-2-7/h7-8H,1-6H2,(H,14,15)(H,16,17)(H2,12,13,18). The maximum absolute atomic E-state index is 11.5. The molecule has 1 saturated heterocycles. The van der Waals surface area contributed by atoms with Gasteiger partial charge in [-0.3, -0.25) is 4.79 Å². The molecule has 1 atom stereocenters. The molecule has 19 heavy (non-hydrogen) atoms. The van der Waals surface area contributed by atoms with Crippen LogP contribution in [0.15, 0.2) is 0 Å². The van der Waals surface area contributed by atoms with Crippen LogP contribution < -0.4 is 10.6 Å². The van der Waals surface area contributed by atoms with Gasteiger partial charge in [-0.05, 0) is 18.8 Å². The molecule has 108 valence electrons. The monoisotopic (exact) mass is 274 g/mol. The Hall–Kier alpha value is -1.83. The summed E-state index contributed by atoms with van der Waals surface area (Å²) >= 11 is 0. The highest BCUT2D eigenvalue weighted by molar-refractivity contribution is 5.86. The van der Waals surface area contributed by atoms with Gasteiger partial charge in [-0.2, -0.15) is 0 Å². The molecule has 1 aliphatic heterocycles. The van der Waals surface area contributed by atoms with Crippen molar-refractivity contribution in [2.45, 2.75) is 25.3 Å². The number of carboxylic acid groups (broad SMARTS) is 2. The number of amides is 2. The van der Waals surface area contributed by atoms with Crippen molar-refractivity contribution in [3.63, 3.8) is 0 Å². The van der Waals surface area contributed by atoms with E-state index in [0.717, 1.165) is 12.8 Å². The van der Waals surface area contributed by atoms with Crippen LogP contribution in [0.5, 0.6) is 0 Å². The van der Waals surface area contributed by atoms with E-state index in [4.69, 9.17) is 14.9 Å². The van der Waals surface area contributed by atoms with E-state index in [0.29, 0.717) is 25.7 Å². The van der Waals surface area contributed by atoms with Crippen LogP contribution in [-0.2, 0) is 14.3 Å². The maximum atomic E-state index is 11.5. The lowest BCUT2D eigenvalue weighted by Crippen LogP contribution is -2.48. The van der Waals surface area contributed by atoms with Crippen LogP contribution in [0.4, 0.5) is 4.79 Å². The zero-order valence-electron chi connectivity index (χ0n) is 10.4. The van der Waals surface area contributed by atoms with E-state index in [1.165, 1.54) is 0 Å². The van der Waals surface area contributed by atoms with Gasteiger partial charge in [0.05, 0.1) is 6.42 Å². The fourth-order valence-electron chi connectivity index (χ4n) is 1.77.